The first-order valence-corrected chi connectivity index (χ1v) is 7.98. The standard InChI is InChI=1S/C14H18FNO3S/c15-10-1-2-12(16)13(7-10)20(17)11-3-5-19-14(8-11)4-6-18-9-14/h1-2,7,11H,3-6,8-9,16H2. The summed E-state index contributed by atoms with van der Waals surface area (Å²) in [4.78, 5) is 0.394. The fraction of sp³-hybridized carbons (Fsp3) is 0.571. The second kappa shape index (κ2) is 5.42. The van der Waals surface area contributed by atoms with Crippen LogP contribution in [0, 0.1) is 5.82 Å². The molecule has 1 aromatic rings. The van der Waals surface area contributed by atoms with Gasteiger partial charge < -0.3 is 15.2 Å². The highest BCUT2D eigenvalue weighted by Crippen LogP contribution is 2.36. The van der Waals surface area contributed by atoms with Gasteiger partial charge in [-0.1, -0.05) is 0 Å². The second-order valence-corrected chi connectivity index (χ2v) is 7.13. The van der Waals surface area contributed by atoms with Crippen LogP contribution in [0.3, 0.4) is 0 Å². The van der Waals surface area contributed by atoms with Gasteiger partial charge in [-0.05, 0) is 31.0 Å². The highest BCUT2D eigenvalue weighted by Gasteiger charge is 2.43. The Morgan fingerprint density at radius 3 is 3.00 bits per heavy atom. The van der Waals surface area contributed by atoms with Crippen molar-refractivity contribution in [2.45, 2.75) is 35.0 Å². The largest absolute Gasteiger partial charge is 0.398 e. The van der Waals surface area contributed by atoms with Gasteiger partial charge in [0.05, 0.1) is 27.9 Å². The quantitative estimate of drug-likeness (QED) is 0.847. The summed E-state index contributed by atoms with van der Waals surface area (Å²) in [6, 6.07) is 4.03. The van der Waals surface area contributed by atoms with E-state index >= 15 is 0 Å². The first kappa shape index (κ1) is 14.0. The number of nitrogens with two attached hydrogens (primary N) is 1. The molecule has 2 aliphatic rings. The minimum atomic E-state index is -1.31. The molecule has 2 heterocycles. The van der Waals surface area contributed by atoms with Crippen molar-refractivity contribution in [3.05, 3.63) is 24.0 Å². The van der Waals surface area contributed by atoms with Gasteiger partial charge in [0.1, 0.15) is 5.82 Å². The maximum atomic E-state index is 13.3. The molecule has 4 nitrogen and oxygen atoms in total. The fourth-order valence-corrected chi connectivity index (χ4v) is 4.54. The van der Waals surface area contributed by atoms with E-state index in [1.54, 1.807) is 0 Å². The Labute approximate surface area is 119 Å². The lowest BCUT2D eigenvalue weighted by atomic mass is 9.93. The summed E-state index contributed by atoms with van der Waals surface area (Å²) in [5, 5.41) is -0.0606. The van der Waals surface area contributed by atoms with Crippen molar-refractivity contribution in [3.8, 4) is 0 Å². The van der Waals surface area contributed by atoms with E-state index in [1.807, 2.05) is 0 Å². The molecular formula is C14H18FNO3S. The molecule has 110 valence electrons. The van der Waals surface area contributed by atoms with Crippen LogP contribution in [0.15, 0.2) is 23.1 Å². The molecule has 2 fully saturated rings. The lowest BCUT2D eigenvalue weighted by Gasteiger charge is -2.36. The van der Waals surface area contributed by atoms with Crippen LogP contribution in [-0.2, 0) is 20.3 Å². The van der Waals surface area contributed by atoms with Crippen LogP contribution in [0.25, 0.3) is 0 Å². The molecule has 2 aliphatic heterocycles. The average molecular weight is 299 g/mol. The van der Waals surface area contributed by atoms with Gasteiger partial charge in [-0.25, -0.2) is 4.39 Å². The summed E-state index contributed by atoms with van der Waals surface area (Å²) < 4.78 is 37.3. The van der Waals surface area contributed by atoms with E-state index in [9.17, 15) is 8.60 Å². The third kappa shape index (κ3) is 2.60. The van der Waals surface area contributed by atoms with Crippen molar-refractivity contribution in [1.82, 2.24) is 0 Å². The monoisotopic (exact) mass is 299 g/mol. The maximum Gasteiger partial charge on any atom is 0.124 e. The molecular weight excluding hydrogens is 281 g/mol. The number of nitrogen functional groups attached to an aromatic ring is 1. The van der Waals surface area contributed by atoms with Crippen molar-refractivity contribution < 1.29 is 18.1 Å². The predicted octanol–water partition coefficient (Wildman–Crippen LogP) is 1.85. The third-order valence-electron chi connectivity index (χ3n) is 4.01. The molecule has 2 saturated heterocycles. The van der Waals surface area contributed by atoms with Crippen LogP contribution in [0.4, 0.5) is 10.1 Å². The van der Waals surface area contributed by atoms with Crippen molar-refractivity contribution in [3.63, 3.8) is 0 Å². The van der Waals surface area contributed by atoms with E-state index in [1.165, 1.54) is 18.2 Å². The first-order chi connectivity index (χ1) is 9.60. The molecule has 0 aliphatic carbocycles. The summed E-state index contributed by atoms with van der Waals surface area (Å²) in [7, 11) is -1.31. The van der Waals surface area contributed by atoms with E-state index < -0.39 is 16.6 Å². The van der Waals surface area contributed by atoms with Crippen LogP contribution in [-0.4, -0.2) is 34.9 Å². The number of hydrogen-bond acceptors (Lipinski definition) is 4. The zero-order valence-corrected chi connectivity index (χ0v) is 12.0. The molecule has 1 aromatic carbocycles. The predicted molar refractivity (Wildman–Crippen MR) is 74.4 cm³/mol. The Balaban J connectivity index is 1.81. The summed E-state index contributed by atoms with van der Waals surface area (Å²) >= 11 is 0. The lowest BCUT2D eigenvalue weighted by molar-refractivity contribution is -0.0774. The summed E-state index contributed by atoms with van der Waals surface area (Å²) in [6.45, 7) is 1.80. The summed E-state index contributed by atoms with van der Waals surface area (Å²) in [5.41, 5.74) is 5.90. The Morgan fingerprint density at radius 1 is 1.40 bits per heavy atom. The molecule has 3 unspecified atom stereocenters. The van der Waals surface area contributed by atoms with Gasteiger partial charge in [-0.15, -0.1) is 0 Å². The van der Waals surface area contributed by atoms with Gasteiger partial charge in [0.15, 0.2) is 0 Å². The van der Waals surface area contributed by atoms with E-state index in [0.29, 0.717) is 43.2 Å². The Kier molecular flexibility index (Phi) is 3.79. The van der Waals surface area contributed by atoms with Gasteiger partial charge in [-0.2, -0.15) is 0 Å². The molecule has 0 aromatic heterocycles. The van der Waals surface area contributed by atoms with E-state index in [0.717, 1.165) is 6.42 Å². The first-order valence-electron chi connectivity index (χ1n) is 6.77. The van der Waals surface area contributed by atoms with Crippen molar-refractivity contribution in [1.29, 1.82) is 0 Å². The van der Waals surface area contributed by atoms with Gasteiger partial charge in [0, 0.05) is 30.6 Å². The molecule has 0 amide bonds. The smallest absolute Gasteiger partial charge is 0.124 e. The molecule has 1 spiro atoms. The topological polar surface area (TPSA) is 61.6 Å². The molecule has 0 bridgehead atoms. The van der Waals surface area contributed by atoms with Gasteiger partial charge in [-0.3, -0.25) is 4.21 Å². The summed E-state index contributed by atoms with van der Waals surface area (Å²) in [6.07, 6.45) is 2.21. The molecule has 6 heteroatoms. The van der Waals surface area contributed by atoms with Crippen LogP contribution in [0.1, 0.15) is 19.3 Å². The van der Waals surface area contributed by atoms with E-state index in [-0.39, 0.29) is 10.9 Å². The Bertz CT molecular complexity index is 531. The fourth-order valence-electron chi connectivity index (χ4n) is 2.89. The Hall–Kier alpha value is -0.980. The van der Waals surface area contributed by atoms with E-state index in [4.69, 9.17) is 15.2 Å². The molecule has 2 N–H and O–H groups in total. The van der Waals surface area contributed by atoms with Crippen molar-refractivity contribution in [2.24, 2.45) is 0 Å². The number of hydrogen-bond donors (Lipinski definition) is 1. The molecule has 3 atom stereocenters. The molecule has 20 heavy (non-hydrogen) atoms. The number of benzene rings is 1. The average Bonchev–Trinajstić information content (AvgIpc) is 2.88. The van der Waals surface area contributed by atoms with Crippen LogP contribution < -0.4 is 5.73 Å². The highest BCUT2D eigenvalue weighted by molar-refractivity contribution is 7.85. The van der Waals surface area contributed by atoms with Gasteiger partial charge in [0.25, 0.3) is 0 Å². The van der Waals surface area contributed by atoms with Crippen LogP contribution in [0.2, 0.25) is 0 Å². The zero-order chi connectivity index (χ0) is 14.2. The van der Waals surface area contributed by atoms with E-state index in [2.05, 4.69) is 0 Å². The highest BCUT2D eigenvalue weighted by atomic mass is 32.2. The van der Waals surface area contributed by atoms with Crippen LogP contribution >= 0.6 is 0 Å². The lowest BCUT2D eigenvalue weighted by Crippen LogP contribution is -2.43. The van der Waals surface area contributed by atoms with Crippen molar-refractivity contribution >= 4 is 16.5 Å². The molecule has 0 radical (unpaired) electrons. The second-order valence-electron chi connectivity index (χ2n) is 5.43. The molecule has 3 rings (SSSR count). The summed E-state index contributed by atoms with van der Waals surface area (Å²) in [5.74, 6) is -0.409. The van der Waals surface area contributed by atoms with Gasteiger partial charge in [0.2, 0.25) is 0 Å². The zero-order valence-electron chi connectivity index (χ0n) is 11.1. The minimum Gasteiger partial charge on any atom is -0.398 e. The third-order valence-corrected chi connectivity index (χ3v) is 5.80. The number of ether oxygens (including phenoxy) is 2. The maximum absolute atomic E-state index is 13.3. The van der Waals surface area contributed by atoms with Gasteiger partial charge >= 0.3 is 0 Å². The minimum absolute atomic E-state index is 0.0606. The molecule has 0 saturated carbocycles. The van der Waals surface area contributed by atoms with Crippen LogP contribution in [0.5, 0.6) is 0 Å². The normalized spacial score (nSPS) is 31.6. The number of anilines is 1. The Morgan fingerprint density at radius 2 is 2.25 bits per heavy atom. The number of halogens is 1. The number of rotatable bonds is 2. The van der Waals surface area contributed by atoms with Crippen molar-refractivity contribution in [2.75, 3.05) is 25.6 Å². The SMILES string of the molecule is Nc1ccc(F)cc1S(=O)C1CCOC2(CCOC2)C1.